The lowest BCUT2D eigenvalue weighted by molar-refractivity contribution is -0.137. The summed E-state index contributed by atoms with van der Waals surface area (Å²) in [6, 6.07) is 6.34. The molecule has 0 aromatic heterocycles. The molecule has 0 heterocycles. The first-order valence-corrected chi connectivity index (χ1v) is 7.93. The third-order valence-electron chi connectivity index (χ3n) is 4.01. The van der Waals surface area contributed by atoms with Crippen molar-refractivity contribution in [3.05, 3.63) is 69.4 Å². The van der Waals surface area contributed by atoms with Gasteiger partial charge in [0.05, 0.1) is 16.7 Å². The Morgan fingerprint density at radius 1 is 0.889 bits per heavy atom. The largest absolute Gasteiger partial charge is 0.507 e. The van der Waals surface area contributed by atoms with E-state index in [0.717, 1.165) is 24.3 Å². The van der Waals surface area contributed by atoms with Crippen LogP contribution in [0.4, 0.5) is 13.2 Å². The lowest BCUT2D eigenvalue weighted by Gasteiger charge is -2.20. The first-order valence-electron chi connectivity index (χ1n) is 7.55. The Labute approximate surface area is 155 Å². The summed E-state index contributed by atoms with van der Waals surface area (Å²) in [5.74, 6) is -2.66. The second-order valence-electron chi connectivity index (χ2n) is 5.75. The molecule has 27 heavy (non-hydrogen) atoms. The Hall–Kier alpha value is -3.00. The van der Waals surface area contributed by atoms with E-state index in [4.69, 9.17) is 11.6 Å². The molecule has 1 aliphatic carbocycles. The first-order chi connectivity index (χ1) is 12.6. The van der Waals surface area contributed by atoms with Crippen LogP contribution in [0.5, 0.6) is 11.5 Å². The van der Waals surface area contributed by atoms with Gasteiger partial charge >= 0.3 is 6.18 Å². The van der Waals surface area contributed by atoms with Gasteiger partial charge in [-0.2, -0.15) is 13.2 Å². The third-order valence-corrected chi connectivity index (χ3v) is 4.37. The van der Waals surface area contributed by atoms with Crippen LogP contribution in [-0.2, 0) is 12.7 Å². The minimum Gasteiger partial charge on any atom is -0.507 e. The van der Waals surface area contributed by atoms with Crippen LogP contribution in [0.1, 0.15) is 31.8 Å². The van der Waals surface area contributed by atoms with Crippen molar-refractivity contribution in [2.45, 2.75) is 12.7 Å². The maximum atomic E-state index is 12.6. The molecule has 5 nitrogen and oxygen atoms in total. The number of fused-ring (bicyclic) bond motifs is 1. The molecule has 0 aliphatic heterocycles. The summed E-state index contributed by atoms with van der Waals surface area (Å²) in [5, 5.41) is 21.8. The Balaban J connectivity index is 1.87. The van der Waals surface area contributed by atoms with E-state index in [0.29, 0.717) is 5.56 Å². The molecule has 1 aliphatic rings. The Kier molecular flexibility index (Phi) is 4.61. The predicted octanol–water partition coefficient (Wildman–Crippen LogP) is 3.74. The smallest absolute Gasteiger partial charge is 0.416 e. The van der Waals surface area contributed by atoms with Gasteiger partial charge in [0.2, 0.25) is 11.6 Å². The quantitative estimate of drug-likeness (QED) is 0.687. The van der Waals surface area contributed by atoms with Crippen LogP contribution in [-0.4, -0.2) is 21.8 Å². The predicted molar refractivity (Wildman–Crippen MR) is 89.6 cm³/mol. The van der Waals surface area contributed by atoms with Crippen LogP contribution >= 0.6 is 11.6 Å². The number of alkyl halides is 3. The van der Waals surface area contributed by atoms with Gasteiger partial charge in [-0.3, -0.25) is 9.59 Å². The average molecular weight is 398 g/mol. The number of halogens is 4. The molecule has 0 fully saturated rings. The number of nitrogens with one attached hydrogen (secondary N) is 1. The van der Waals surface area contributed by atoms with Crippen LogP contribution in [0, 0.1) is 0 Å². The molecule has 0 unspecified atom stereocenters. The molecule has 9 heteroatoms. The fourth-order valence-electron chi connectivity index (χ4n) is 2.65. The Bertz CT molecular complexity index is 981. The number of allylic oxidation sites excluding steroid dienone is 2. The number of benzene rings is 2. The van der Waals surface area contributed by atoms with E-state index in [1.54, 1.807) is 0 Å². The van der Waals surface area contributed by atoms with Gasteiger partial charge < -0.3 is 15.5 Å². The van der Waals surface area contributed by atoms with Crippen molar-refractivity contribution in [2.75, 3.05) is 0 Å². The number of Topliss-reactive ketones (excluding diaryl/α,β-unsaturated/α-hetero) is 2. The van der Waals surface area contributed by atoms with Crippen molar-refractivity contribution in [1.82, 2.24) is 5.32 Å². The summed E-state index contributed by atoms with van der Waals surface area (Å²) in [6.07, 6.45) is -4.47. The summed E-state index contributed by atoms with van der Waals surface area (Å²) in [4.78, 5) is 24.9. The van der Waals surface area contributed by atoms with E-state index < -0.39 is 45.4 Å². The summed E-state index contributed by atoms with van der Waals surface area (Å²) >= 11 is 5.94. The summed E-state index contributed by atoms with van der Waals surface area (Å²) in [7, 11) is 0. The standard InChI is InChI=1S/C18H11ClF3NO4/c19-14-15(23-7-8-1-3-9(4-2-8)18(20,21)22)17(27)13-11(25)6-5-10(24)12(13)16(14)26/h1-6,23-25H,7H2. The van der Waals surface area contributed by atoms with E-state index >= 15 is 0 Å². The molecule has 2 aromatic rings. The van der Waals surface area contributed by atoms with E-state index in [2.05, 4.69) is 5.32 Å². The van der Waals surface area contributed by atoms with E-state index in [1.165, 1.54) is 12.1 Å². The van der Waals surface area contributed by atoms with Gasteiger partial charge in [-0.15, -0.1) is 0 Å². The van der Waals surface area contributed by atoms with Gasteiger partial charge in [0.15, 0.2) is 0 Å². The van der Waals surface area contributed by atoms with Crippen molar-refractivity contribution in [2.24, 2.45) is 0 Å². The topological polar surface area (TPSA) is 86.6 Å². The molecule has 3 N–H and O–H groups in total. The molecular weight excluding hydrogens is 387 g/mol. The molecule has 3 rings (SSSR count). The monoisotopic (exact) mass is 397 g/mol. The molecule has 0 radical (unpaired) electrons. The zero-order chi connectivity index (χ0) is 19.9. The van der Waals surface area contributed by atoms with Crippen LogP contribution < -0.4 is 5.32 Å². The van der Waals surface area contributed by atoms with Crippen molar-refractivity contribution in [3.63, 3.8) is 0 Å². The second kappa shape index (κ2) is 6.62. The number of hydrogen-bond donors (Lipinski definition) is 3. The lowest BCUT2D eigenvalue weighted by atomic mass is 9.90. The fourth-order valence-corrected chi connectivity index (χ4v) is 2.90. The van der Waals surface area contributed by atoms with Crippen LogP contribution in [0.25, 0.3) is 0 Å². The van der Waals surface area contributed by atoms with Gasteiger partial charge in [0.25, 0.3) is 0 Å². The van der Waals surface area contributed by atoms with E-state index in [1.807, 2.05) is 0 Å². The Morgan fingerprint density at radius 3 is 1.93 bits per heavy atom. The third kappa shape index (κ3) is 3.35. The Morgan fingerprint density at radius 2 is 1.41 bits per heavy atom. The van der Waals surface area contributed by atoms with Crippen LogP contribution in [0.2, 0.25) is 0 Å². The van der Waals surface area contributed by atoms with Crippen LogP contribution in [0.15, 0.2) is 47.1 Å². The maximum Gasteiger partial charge on any atom is 0.416 e. The van der Waals surface area contributed by atoms with Crippen LogP contribution in [0.3, 0.4) is 0 Å². The number of ketones is 2. The average Bonchev–Trinajstić information content (AvgIpc) is 2.61. The first kappa shape index (κ1) is 18.8. The van der Waals surface area contributed by atoms with Crippen molar-refractivity contribution >= 4 is 23.2 Å². The van der Waals surface area contributed by atoms with Crippen molar-refractivity contribution in [1.29, 1.82) is 0 Å². The number of hydrogen-bond acceptors (Lipinski definition) is 5. The molecule has 0 bridgehead atoms. The summed E-state index contributed by atoms with van der Waals surface area (Å²) in [5.41, 5.74) is -1.51. The number of phenolic OH excluding ortho intramolecular Hbond substituents is 2. The zero-order valence-electron chi connectivity index (χ0n) is 13.4. The number of carbonyl (C=O) groups excluding carboxylic acids is 2. The zero-order valence-corrected chi connectivity index (χ0v) is 14.1. The molecule has 140 valence electrons. The van der Waals surface area contributed by atoms with Gasteiger partial charge in [-0.05, 0) is 29.8 Å². The highest BCUT2D eigenvalue weighted by Gasteiger charge is 2.36. The highest BCUT2D eigenvalue weighted by atomic mass is 35.5. The van der Waals surface area contributed by atoms with Gasteiger partial charge in [0.1, 0.15) is 22.2 Å². The van der Waals surface area contributed by atoms with E-state index in [-0.39, 0.29) is 17.8 Å². The lowest BCUT2D eigenvalue weighted by Crippen LogP contribution is -2.29. The van der Waals surface area contributed by atoms with Gasteiger partial charge in [-0.1, -0.05) is 23.7 Å². The van der Waals surface area contributed by atoms with Gasteiger partial charge in [-0.25, -0.2) is 0 Å². The fraction of sp³-hybridized carbons (Fsp3) is 0.111. The highest BCUT2D eigenvalue weighted by Crippen LogP contribution is 2.37. The summed E-state index contributed by atoms with van der Waals surface area (Å²) < 4.78 is 37.8. The molecule has 0 saturated heterocycles. The number of carbonyl (C=O) groups is 2. The second-order valence-corrected chi connectivity index (χ2v) is 6.13. The number of rotatable bonds is 3. The normalized spacial score (nSPS) is 14.4. The molecule has 2 aromatic carbocycles. The molecular formula is C18H11ClF3NO4. The molecule has 0 spiro atoms. The van der Waals surface area contributed by atoms with Crippen molar-refractivity contribution < 1.29 is 33.0 Å². The highest BCUT2D eigenvalue weighted by molar-refractivity contribution is 6.50. The van der Waals surface area contributed by atoms with Crippen molar-refractivity contribution in [3.8, 4) is 11.5 Å². The van der Waals surface area contributed by atoms with Gasteiger partial charge in [0, 0.05) is 6.54 Å². The minimum atomic E-state index is -4.47. The SMILES string of the molecule is O=C1C(Cl)=C(NCc2ccc(C(F)(F)F)cc2)C(=O)c2c(O)ccc(O)c21. The minimum absolute atomic E-state index is 0.0857. The molecule has 0 saturated carbocycles. The summed E-state index contributed by atoms with van der Waals surface area (Å²) in [6.45, 7) is -0.0857. The maximum absolute atomic E-state index is 12.6. The van der Waals surface area contributed by atoms with E-state index in [9.17, 15) is 33.0 Å². The molecule has 0 atom stereocenters. The number of aromatic hydroxyl groups is 2. The molecule has 0 amide bonds. The number of phenols is 2.